The van der Waals surface area contributed by atoms with E-state index in [1.807, 2.05) is 19.9 Å². The Balaban J connectivity index is 2.01. The standard InChI is InChI=1S/C25H26FN3/c1-5-28(6-2)22-11-13-23(14-12-22)29-18(3)15-20(19(29)4)16-21(17-27)24-9-7-8-10-25(24)26/h7-16H,5-6H2,1-4H3. The van der Waals surface area contributed by atoms with Crippen LogP contribution in [0.2, 0.25) is 0 Å². The molecule has 148 valence electrons. The summed E-state index contributed by atoms with van der Waals surface area (Å²) in [5, 5.41) is 9.58. The lowest BCUT2D eigenvalue weighted by Crippen LogP contribution is -2.21. The van der Waals surface area contributed by atoms with Crippen LogP contribution in [0.3, 0.4) is 0 Å². The van der Waals surface area contributed by atoms with Gasteiger partial charge in [-0.15, -0.1) is 0 Å². The lowest BCUT2D eigenvalue weighted by molar-refractivity contribution is 0.624. The minimum absolute atomic E-state index is 0.320. The normalized spacial score (nSPS) is 11.4. The maximum absolute atomic E-state index is 14.1. The highest BCUT2D eigenvalue weighted by Crippen LogP contribution is 2.27. The van der Waals surface area contributed by atoms with Crippen LogP contribution >= 0.6 is 0 Å². The molecule has 0 bridgehead atoms. The van der Waals surface area contributed by atoms with Crippen LogP contribution in [0.5, 0.6) is 0 Å². The number of anilines is 1. The molecule has 0 fully saturated rings. The van der Waals surface area contributed by atoms with Crippen molar-refractivity contribution in [2.24, 2.45) is 0 Å². The number of rotatable bonds is 6. The average Bonchev–Trinajstić information content (AvgIpc) is 3.01. The topological polar surface area (TPSA) is 32.0 Å². The molecule has 0 aliphatic carbocycles. The van der Waals surface area contributed by atoms with Crippen LogP contribution in [0.15, 0.2) is 54.6 Å². The van der Waals surface area contributed by atoms with E-state index < -0.39 is 0 Å². The minimum Gasteiger partial charge on any atom is -0.372 e. The van der Waals surface area contributed by atoms with Crippen molar-refractivity contribution in [3.8, 4) is 11.8 Å². The number of aromatic nitrogens is 1. The molecule has 0 amide bonds. The first kappa shape index (κ1) is 20.4. The van der Waals surface area contributed by atoms with Crippen molar-refractivity contribution in [2.45, 2.75) is 27.7 Å². The van der Waals surface area contributed by atoms with Crippen molar-refractivity contribution >= 4 is 17.3 Å². The number of nitrogens with zero attached hydrogens (tertiary/aromatic N) is 3. The van der Waals surface area contributed by atoms with Crippen molar-refractivity contribution < 1.29 is 4.39 Å². The molecule has 0 saturated heterocycles. The van der Waals surface area contributed by atoms with Gasteiger partial charge in [-0.2, -0.15) is 5.26 Å². The molecule has 0 aliphatic heterocycles. The van der Waals surface area contributed by atoms with Crippen LogP contribution in [-0.2, 0) is 0 Å². The number of hydrogen-bond donors (Lipinski definition) is 0. The first-order chi connectivity index (χ1) is 14.0. The summed E-state index contributed by atoms with van der Waals surface area (Å²) in [6.07, 6.45) is 1.77. The Morgan fingerprint density at radius 1 is 1.07 bits per heavy atom. The molecule has 0 spiro atoms. The minimum atomic E-state index is -0.388. The second-order valence-corrected chi connectivity index (χ2v) is 7.00. The SMILES string of the molecule is CCN(CC)c1ccc(-n2c(C)cc(C=C(C#N)c3ccccc3F)c2C)cc1. The number of benzene rings is 2. The van der Waals surface area contributed by atoms with Gasteiger partial charge in [-0.3, -0.25) is 0 Å². The predicted molar refractivity (Wildman–Crippen MR) is 119 cm³/mol. The highest BCUT2D eigenvalue weighted by molar-refractivity contribution is 5.90. The molecule has 2 aromatic carbocycles. The number of nitriles is 1. The molecule has 0 radical (unpaired) electrons. The summed E-state index contributed by atoms with van der Waals surface area (Å²) < 4.78 is 16.3. The molecule has 3 aromatic rings. The molecule has 3 nitrogen and oxygen atoms in total. The molecular weight excluding hydrogens is 361 g/mol. The second-order valence-electron chi connectivity index (χ2n) is 7.00. The quantitative estimate of drug-likeness (QED) is 0.476. The van der Waals surface area contributed by atoms with Crippen LogP contribution in [-0.4, -0.2) is 17.7 Å². The molecule has 1 aromatic heterocycles. The zero-order chi connectivity index (χ0) is 21.0. The van der Waals surface area contributed by atoms with Crippen molar-refractivity contribution in [1.29, 1.82) is 5.26 Å². The molecule has 0 saturated carbocycles. The van der Waals surface area contributed by atoms with E-state index in [0.717, 1.165) is 35.7 Å². The van der Waals surface area contributed by atoms with Gasteiger partial charge in [-0.1, -0.05) is 18.2 Å². The van der Waals surface area contributed by atoms with Gasteiger partial charge in [0.15, 0.2) is 0 Å². The average molecular weight is 388 g/mol. The van der Waals surface area contributed by atoms with Gasteiger partial charge in [0.2, 0.25) is 0 Å². The Labute approximate surface area is 172 Å². The van der Waals surface area contributed by atoms with Crippen LogP contribution in [0.1, 0.15) is 36.4 Å². The third kappa shape index (κ3) is 4.09. The van der Waals surface area contributed by atoms with Gasteiger partial charge < -0.3 is 9.47 Å². The summed E-state index contributed by atoms with van der Waals surface area (Å²) in [7, 11) is 0. The van der Waals surface area contributed by atoms with Gasteiger partial charge in [0.1, 0.15) is 5.82 Å². The zero-order valence-electron chi connectivity index (χ0n) is 17.4. The van der Waals surface area contributed by atoms with E-state index in [1.165, 1.54) is 11.8 Å². The number of hydrogen-bond acceptors (Lipinski definition) is 2. The van der Waals surface area contributed by atoms with Crippen LogP contribution in [0.4, 0.5) is 10.1 Å². The van der Waals surface area contributed by atoms with Crippen LogP contribution in [0, 0.1) is 31.0 Å². The van der Waals surface area contributed by atoms with Gasteiger partial charge in [0, 0.05) is 41.4 Å². The second kappa shape index (κ2) is 8.79. The molecule has 4 heteroatoms. The molecule has 29 heavy (non-hydrogen) atoms. The van der Waals surface area contributed by atoms with E-state index in [9.17, 15) is 9.65 Å². The van der Waals surface area contributed by atoms with Gasteiger partial charge in [-0.05, 0) is 75.7 Å². The molecule has 0 aliphatic rings. The Bertz CT molecular complexity index is 1060. The van der Waals surface area contributed by atoms with Gasteiger partial charge in [0.05, 0.1) is 11.6 Å². The summed E-state index contributed by atoms with van der Waals surface area (Å²) >= 11 is 0. The molecule has 0 N–H and O–H groups in total. The van der Waals surface area contributed by atoms with Crippen molar-refractivity contribution in [3.63, 3.8) is 0 Å². The van der Waals surface area contributed by atoms with E-state index in [-0.39, 0.29) is 5.82 Å². The Morgan fingerprint density at radius 2 is 1.72 bits per heavy atom. The molecular formula is C25H26FN3. The Kier molecular flexibility index (Phi) is 6.19. The number of halogens is 1. The Hall–Kier alpha value is -3.32. The summed E-state index contributed by atoms with van der Waals surface area (Å²) in [5.41, 5.74) is 5.91. The highest BCUT2D eigenvalue weighted by Gasteiger charge is 2.13. The van der Waals surface area contributed by atoms with E-state index in [1.54, 1.807) is 24.3 Å². The highest BCUT2D eigenvalue weighted by atomic mass is 19.1. The fraction of sp³-hybridized carbons (Fsp3) is 0.240. The summed E-state index contributed by atoms with van der Waals surface area (Å²) in [5.74, 6) is -0.388. The largest absolute Gasteiger partial charge is 0.372 e. The molecule has 0 unspecified atom stereocenters. The van der Waals surface area contributed by atoms with E-state index >= 15 is 0 Å². The fourth-order valence-corrected chi connectivity index (χ4v) is 3.74. The smallest absolute Gasteiger partial charge is 0.131 e. The summed E-state index contributed by atoms with van der Waals surface area (Å²) in [4.78, 5) is 2.31. The van der Waals surface area contributed by atoms with Crippen molar-refractivity contribution in [3.05, 3.63) is 82.9 Å². The number of aryl methyl sites for hydroxylation is 1. The Morgan fingerprint density at radius 3 is 2.31 bits per heavy atom. The third-order valence-corrected chi connectivity index (χ3v) is 5.29. The zero-order valence-corrected chi connectivity index (χ0v) is 17.4. The van der Waals surface area contributed by atoms with Crippen LogP contribution in [0.25, 0.3) is 17.3 Å². The first-order valence-electron chi connectivity index (χ1n) is 9.91. The van der Waals surface area contributed by atoms with E-state index in [2.05, 4.69) is 53.6 Å². The van der Waals surface area contributed by atoms with Crippen LogP contribution < -0.4 is 4.90 Å². The van der Waals surface area contributed by atoms with E-state index in [0.29, 0.717) is 11.1 Å². The predicted octanol–water partition coefficient (Wildman–Crippen LogP) is 6.14. The van der Waals surface area contributed by atoms with Gasteiger partial charge >= 0.3 is 0 Å². The fourth-order valence-electron chi connectivity index (χ4n) is 3.74. The van der Waals surface area contributed by atoms with Gasteiger partial charge in [0.25, 0.3) is 0 Å². The summed E-state index contributed by atoms with van der Waals surface area (Å²) in [6, 6.07) is 19.1. The first-order valence-corrected chi connectivity index (χ1v) is 9.91. The molecule has 3 rings (SSSR count). The van der Waals surface area contributed by atoms with E-state index in [4.69, 9.17) is 0 Å². The number of allylic oxidation sites excluding steroid dienone is 1. The summed E-state index contributed by atoms with van der Waals surface area (Å²) in [6.45, 7) is 10.3. The van der Waals surface area contributed by atoms with Crippen molar-refractivity contribution in [2.75, 3.05) is 18.0 Å². The molecule has 1 heterocycles. The monoisotopic (exact) mass is 387 g/mol. The van der Waals surface area contributed by atoms with Crippen molar-refractivity contribution in [1.82, 2.24) is 4.57 Å². The molecule has 0 atom stereocenters. The third-order valence-electron chi connectivity index (χ3n) is 5.29. The lowest BCUT2D eigenvalue weighted by Gasteiger charge is -2.21. The lowest BCUT2D eigenvalue weighted by atomic mass is 10.0. The maximum atomic E-state index is 14.1. The maximum Gasteiger partial charge on any atom is 0.131 e. The van der Waals surface area contributed by atoms with Gasteiger partial charge in [-0.25, -0.2) is 4.39 Å².